The minimum absolute atomic E-state index is 0.105. The van der Waals surface area contributed by atoms with Crippen LogP contribution < -0.4 is 0 Å². The van der Waals surface area contributed by atoms with Crippen LogP contribution >= 0.6 is 15.6 Å². The molecule has 0 heterocycles. The molecule has 19 heteroatoms. The molecule has 0 saturated carbocycles. The van der Waals surface area contributed by atoms with E-state index in [1.807, 2.05) is 0 Å². The van der Waals surface area contributed by atoms with Crippen LogP contribution in [0.4, 0.5) is 0 Å². The lowest BCUT2D eigenvalue weighted by Crippen LogP contribution is -2.30. The van der Waals surface area contributed by atoms with E-state index >= 15 is 0 Å². The third-order valence-electron chi connectivity index (χ3n) is 19.1. The molecule has 0 aliphatic heterocycles. The number of esters is 4. The first kappa shape index (κ1) is 97.1. The Labute approximate surface area is 607 Å². The number of phosphoric ester groups is 2. The number of aliphatic hydroxyl groups is 1. The SMILES string of the molecule is CCCCCCCCCCCCCCCCCCCCCCCC(=O)O[C@H](COC(=O)CCCCCCCCCCCCCCC(C)C)COP(=O)(O)OC[C@@H](O)COP(=O)(O)OC[C@@H](COC(=O)CCCCCCCCCCCCC)OC(=O)CCCCCCCCCCC(C)CC. The van der Waals surface area contributed by atoms with Crippen molar-refractivity contribution in [2.24, 2.45) is 11.8 Å². The molecule has 3 unspecified atom stereocenters. The van der Waals surface area contributed by atoms with Crippen molar-refractivity contribution in [2.45, 2.75) is 439 Å². The average molecular weight is 1450 g/mol. The second-order valence-electron chi connectivity index (χ2n) is 29.5. The zero-order valence-electron chi connectivity index (χ0n) is 64.8. The maximum atomic E-state index is 13.1. The molecular weight excluding hydrogens is 1290 g/mol. The highest BCUT2D eigenvalue weighted by Crippen LogP contribution is 2.45. The van der Waals surface area contributed by atoms with E-state index < -0.39 is 97.5 Å². The smallest absolute Gasteiger partial charge is 0.462 e. The molecule has 0 saturated heterocycles. The summed E-state index contributed by atoms with van der Waals surface area (Å²) in [7, 11) is -9.92. The molecule has 0 aromatic carbocycles. The van der Waals surface area contributed by atoms with Gasteiger partial charge < -0.3 is 33.8 Å². The number of hydrogen-bond donors (Lipinski definition) is 3. The highest BCUT2D eigenvalue weighted by atomic mass is 31.2. The molecule has 6 atom stereocenters. The Morgan fingerprint density at radius 1 is 0.293 bits per heavy atom. The van der Waals surface area contributed by atoms with Crippen molar-refractivity contribution < 1.29 is 80.2 Å². The van der Waals surface area contributed by atoms with Crippen molar-refractivity contribution in [2.75, 3.05) is 39.6 Å². The fourth-order valence-electron chi connectivity index (χ4n) is 12.3. The third kappa shape index (κ3) is 72.8. The monoisotopic (exact) mass is 1450 g/mol. The number of unbranched alkanes of at least 4 members (excludes halogenated alkanes) is 48. The molecule has 0 bridgehead atoms. The summed E-state index contributed by atoms with van der Waals surface area (Å²) < 4.78 is 68.7. The Bertz CT molecular complexity index is 1910. The summed E-state index contributed by atoms with van der Waals surface area (Å²) in [6.07, 6.45) is 61.0. The Hall–Kier alpha value is -1.94. The molecule has 17 nitrogen and oxygen atoms in total. The van der Waals surface area contributed by atoms with Crippen LogP contribution in [0.3, 0.4) is 0 Å². The van der Waals surface area contributed by atoms with Crippen LogP contribution in [0.5, 0.6) is 0 Å². The van der Waals surface area contributed by atoms with Crippen LogP contribution in [-0.2, 0) is 65.4 Å². The van der Waals surface area contributed by atoms with Gasteiger partial charge in [-0.05, 0) is 37.5 Å². The van der Waals surface area contributed by atoms with Gasteiger partial charge in [-0.15, -0.1) is 0 Å². The van der Waals surface area contributed by atoms with Gasteiger partial charge in [-0.3, -0.25) is 37.3 Å². The number of carbonyl (C=O) groups excluding carboxylic acids is 4. The van der Waals surface area contributed by atoms with Crippen molar-refractivity contribution in [1.29, 1.82) is 0 Å². The normalized spacial score (nSPS) is 14.2. The molecule has 0 aromatic rings. The second kappa shape index (κ2) is 71.7. The summed E-state index contributed by atoms with van der Waals surface area (Å²) in [5, 5.41) is 10.6. The lowest BCUT2D eigenvalue weighted by molar-refractivity contribution is -0.161. The topological polar surface area (TPSA) is 237 Å². The molecule has 0 aromatic heterocycles. The van der Waals surface area contributed by atoms with Crippen LogP contribution in [-0.4, -0.2) is 96.7 Å². The zero-order valence-corrected chi connectivity index (χ0v) is 66.6. The van der Waals surface area contributed by atoms with Crippen molar-refractivity contribution >= 4 is 39.5 Å². The van der Waals surface area contributed by atoms with E-state index in [1.54, 1.807) is 0 Å². The van der Waals surface area contributed by atoms with Crippen molar-refractivity contribution in [3.63, 3.8) is 0 Å². The number of ether oxygens (including phenoxy) is 4. The largest absolute Gasteiger partial charge is 0.472 e. The summed E-state index contributed by atoms with van der Waals surface area (Å²) in [5.41, 5.74) is 0. The van der Waals surface area contributed by atoms with Crippen molar-refractivity contribution in [1.82, 2.24) is 0 Å². The van der Waals surface area contributed by atoms with Crippen LogP contribution in [0.15, 0.2) is 0 Å². The summed E-state index contributed by atoms with van der Waals surface area (Å²) in [6, 6.07) is 0. The fourth-order valence-corrected chi connectivity index (χ4v) is 13.9. The minimum atomic E-state index is -4.96. The van der Waals surface area contributed by atoms with E-state index in [0.717, 1.165) is 102 Å². The van der Waals surface area contributed by atoms with Gasteiger partial charge in [0.25, 0.3) is 0 Å². The lowest BCUT2D eigenvalue weighted by Gasteiger charge is -2.21. The first-order valence-electron chi connectivity index (χ1n) is 41.5. The van der Waals surface area contributed by atoms with Gasteiger partial charge in [0, 0.05) is 25.7 Å². The third-order valence-corrected chi connectivity index (χ3v) is 21.0. The zero-order chi connectivity index (χ0) is 72.8. The van der Waals surface area contributed by atoms with Crippen LogP contribution in [0.2, 0.25) is 0 Å². The number of carbonyl (C=O) groups is 4. The fraction of sp³-hybridized carbons (Fsp3) is 0.950. The molecule has 0 aliphatic rings. The molecule has 0 spiro atoms. The molecule has 0 amide bonds. The predicted octanol–water partition coefficient (Wildman–Crippen LogP) is 23.9. The number of hydrogen-bond acceptors (Lipinski definition) is 15. The number of phosphoric acid groups is 2. The van der Waals surface area contributed by atoms with E-state index in [0.29, 0.717) is 25.7 Å². The first-order valence-corrected chi connectivity index (χ1v) is 44.5. The van der Waals surface area contributed by atoms with Gasteiger partial charge in [0.2, 0.25) is 0 Å². The summed E-state index contributed by atoms with van der Waals surface area (Å²) >= 11 is 0. The Morgan fingerprint density at radius 3 is 0.768 bits per heavy atom. The van der Waals surface area contributed by atoms with Crippen LogP contribution in [0.25, 0.3) is 0 Å². The summed E-state index contributed by atoms with van der Waals surface area (Å²) in [5.74, 6) is -0.560. The minimum Gasteiger partial charge on any atom is -0.462 e. The standard InChI is InChI=1S/C80H156O17P2/c1-7-10-12-14-16-18-20-21-22-23-24-25-26-27-28-29-35-39-46-52-58-64-79(84)96-75(68-91-78(83)63-57-51-45-38-34-31-30-33-36-42-48-54-60-72(4)5)70-94-98(86,87)92-66-74(81)67-93-99(88,89)95-71-76(69-90-77(82)62-56-50-44-37-32-19-17-15-13-11-8-2)97-80(85)65-59-53-47-41-40-43-49-55-61-73(6)9-3/h72-76,81H,7-71H2,1-6H3,(H,86,87)(H,88,89)/t73?,74-,75-,76-/m1/s1. The maximum absolute atomic E-state index is 13.1. The van der Waals surface area contributed by atoms with Crippen molar-refractivity contribution in [3.05, 3.63) is 0 Å². The molecule has 0 rings (SSSR count). The van der Waals surface area contributed by atoms with Gasteiger partial charge in [-0.25, -0.2) is 9.13 Å². The summed E-state index contributed by atoms with van der Waals surface area (Å²) in [6.45, 7) is 9.63. The second-order valence-corrected chi connectivity index (χ2v) is 32.4. The van der Waals surface area contributed by atoms with Gasteiger partial charge >= 0.3 is 39.5 Å². The summed E-state index contributed by atoms with van der Waals surface area (Å²) in [4.78, 5) is 73.0. The highest BCUT2D eigenvalue weighted by molar-refractivity contribution is 7.47. The highest BCUT2D eigenvalue weighted by Gasteiger charge is 2.30. The van der Waals surface area contributed by atoms with Gasteiger partial charge in [0.1, 0.15) is 19.3 Å². The Morgan fingerprint density at radius 2 is 0.515 bits per heavy atom. The molecule has 588 valence electrons. The van der Waals surface area contributed by atoms with Crippen molar-refractivity contribution in [3.8, 4) is 0 Å². The van der Waals surface area contributed by atoms with Crippen LogP contribution in [0, 0.1) is 11.8 Å². The number of rotatable bonds is 79. The van der Waals surface area contributed by atoms with E-state index in [9.17, 15) is 43.2 Å². The quantitative estimate of drug-likeness (QED) is 0.0222. The van der Waals surface area contributed by atoms with Gasteiger partial charge in [-0.1, -0.05) is 369 Å². The van der Waals surface area contributed by atoms with E-state index in [1.165, 1.54) is 238 Å². The number of aliphatic hydroxyl groups excluding tert-OH is 1. The maximum Gasteiger partial charge on any atom is 0.472 e. The van der Waals surface area contributed by atoms with E-state index in [-0.39, 0.29) is 25.7 Å². The van der Waals surface area contributed by atoms with Gasteiger partial charge in [0.15, 0.2) is 12.2 Å². The Kier molecular flexibility index (Phi) is 70.3. The lowest BCUT2D eigenvalue weighted by atomic mass is 9.99. The molecular formula is C80H156O17P2. The molecule has 0 fully saturated rings. The van der Waals surface area contributed by atoms with Gasteiger partial charge in [-0.2, -0.15) is 0 Å². The van der Waals surface area contributed by atoms with E-state index in [4.69, 9.17) is 37.0 Å². The average Bonchev–Trinajstić information content (AvgIpc) is 1.24. The molecule has 0 aliphatic carbocycles. The molecule has 99 heavy (non-hydrogen) atoms. The first-order chi connectivity index (χ1) is 47.9. The molecule has 3 N–H and O–H groups in total. The predicted molar refractivity (Wildman–Crippen MR) is 405 cm³/mol. The van der Waals surface area contributed by atoms with Crippen LogP contribution in [0.1, 0.15) is 420 Å². The van der Waals surface area contributed by atoms with Gasteiger partial charge in [0.05, 0.1) is 26.4 Å². The Balaban J connectivity index is 5.22. The molecule has 0 radical (unpaired) electrons. The van der Waals surface area contributed by atoms with E-state index in [2.05, 4.69) is 41.5 Å².